The largest absolute Gasteiger partial charge is 0.454 e. The van der Waals surface area contributed by atoms with Crippen molar-refractivity contribution < 1.29 is 4.42 Å². The number of fused-ring (bicyclic) bond motifs is 9. The van der Waals surface area contributed by atoms with E-state index in [-0.39, 0.29) is 33.8 Å². The molecule has 4 heterocycles. The van der Waals surface area contributed by atoms with Crippen LogP contribution in [0.15, 0.2) is 162 Å². The van der Waals surface area contributed by atoms with Gasteiger partial charge >= 0.3 is 0 Å². The van der Waals surface area contributed by atoms with Crippen LogP contribution in [-0.4, -0.2) is 6.71 Å². The van der Waals surface area contributed by atoms with Crippen molar-refractivity contribution in [2.75, 3.05) is 14.7 Å². The number of benzene rings is 8. The molecule has 0 amide bonds. The van der Waals surface area contributed by atoms with Crippen LogP contribution in [0.1, 0.15) is 137 Å². The van der Waals surface area contributed by atoms with E-state index in [1.165, 1.54) is 87.6 Å². The van der Waals surface area contributed by atoms with Crippen molar-refractivity contribution in [2.45, 2.75) is 138 Å². The van der Waals surface area contributed by atoms with Gasteiger partial charge in [0.2, 0.25) is 0 Å². The summed E-state index contributed by atoms with van der Waals surface area (Å²) in [6.07, 6.45) is 0. The van der Waals surface area contributed by atoms with Gasteiger partial charge in [0.25, 0.3) is 6.71 Å². The van der Waals surface area contributed by atoms with Crippen LogP contribution in [0.4, 0.5) is 51.2 Å². The van der Waals surface area contributed by atoms with Gasteiger partial charge in [-0.1, -0.05) is 177 Å². The molecule has 0 fully saturated rings. The van der Waals surface area contributed by atoms with Gasteiger partial charge in [-0.05, 0) is 163 Å². The summed E-state index contributed by atoms with van der Waals surface area (Å²) in [7, 11) is 0. The number of furan rings is 1. The average molecular weight is 1030 g/mol. The molecule has 0 bridgehead atoms. The summed E-state index contributed by atoms with van der Waals surface area (Å²) in [5.74, 6) is 0. The average Bonchev–Trinajstić information content (AvgIpc) is 4.07. The minimum absolute atomic E-state index is 0.000381. The van der Waals surface area contributed by atoms with Crippen molar-refractivity contribution in [1.29, 1.82) is 0 Å². The fourth-order valence-corrected chi connectivity index (χ4v) is 13.2. The van der Waals surface area contributed by atoms with Gasteiger partial charge in [-0.15, -0.1) is 11.3 Å². The quantitative estimate of drug-likeness (QED) is 0.160. The second kappa shape index (κ2) is 17.5. The van der Waals surface area contributed by atoms with Crippen LogP contribution in [0.25, 0.3) is 32.0 Å². The van der Waals surface area contributed by atoms with Crippen LogP contribution in [0.5, 0.6) is 0 Å². The van der Waals surface area contributed by atoms with E-state index in [2.05, 4.69) is 283 Å². The Kier molecular flexibility index (Phi) is 11.5. The van der Waals surface area contributed by atoms with Crippen LogP contribution in [0.3, 0.4) is 0 Å². The Balaban J connectivity index is 1.18. The molecule has 2 aliphatic rings. The van der Waals surface area contributed by atoms with E-state index < -0.39 is 0 Å². The highest BCUT2D eigenvalue weighted by Crippen LogP contribution is 2.52. The summed E-state index contributed by atoms with van der Waals surface area (Å²) in [6, 6.07) is 60.7. The summed E-state index contributed by atoms with van der Waals surface area (Å²) in [5, 5.41) is 3.49. The normalized spacial score (nSPS) is 13.9. The third kappa shape index (κ3) is 8.58. The number of hydrogen-bond acceptors (Lipinski definition) is 5. The zero-order valence-corrected chi connectivity index (χ0v) is 49.1. The SMILES string of the molecule is Cc1cc2c3c(c1)N(c1ccc(C(C)(C)C)cc1)c1c(sc4ccc(C(C)(C)C)cc14)B3c1cc(C(C)(C)C)ccc1N2c1cc(N(c2ccc(C(C)(C)C)cc2)c2ccc(C(C)(C)C)cc2)c2oc3ccccc3c2c1. The van der Waals surface area contributed by atoms with Crippen molar-refractivity contribution in [1.82, 2.24) is 0 Å². The van der Waals surface area contributed by atoms with E-state index in [1.54, 1.807) is 0 Å². The minimum atomic E-state index is -0.0796. The van der Waals surface area contributed by atoms with Crippen molar-refractivity contribution >= 4 is 117 Å². The van der Waals surface area contributed by atoms with Crippen LogP contribution in [-0.2, 0) is 27.1 Å². The molecule has 4 nitrogen and oxygen atoms in total. The zero-order valence-electron chi connectivity index (χ0n) is 48.2. The zero-order chi connectivity index (χ0) is 54.5. The highest BCUT2D eigenvalue weighted by Gasteiger charge is 2.46. The van der Waals surface area contributed by atoms with E-state index in [9.17, 15) is 0 Å². The summed E-state index contributed by atoms with van der Waals surface area (Å²) in [4.78, 5) is 7.64. The molecule has 6 heteroatoms. The maximum absolute atomic E-state index is 7.10. The number of para-hydroxylation sites is 1. The predicted octanol–water partition coefficient (Wildman–Crippen LogP) is 19.1. The van der Waals surface area contributed by atoms with Crippen molar-refractivity contribution in [3.8, 4) is 0 Å². The van der Waals surface area contributed by atoms with Gasteiger partial charge in [0.05, 0.1) is 11.4 Å². The molecular formula is C71H74BN3OS. The fraction of sp³-hybridized carbons (Fsp3) is 0.296. The van der Waals surface area contributed by atoms with Crippen molar-refractivity contribution in [2.24, 2.45) is 0 Å². The lowest BCUT2D eigenvalue weighted by atomic mass is 9.36. The molecule has 2 aromatic heterocycles. The number of hydrogen-bond donors (Lipinski definition) is 0. The first kappa shape index (κ1) is 50.8. The van der Waals surface area contributed by atoms with Gasteiger partial charge in [0.15, 0.2) is 5.58 Å². The first-order valence-corrected chi connectivity index (χ1v) is 28.6. The number of thiophene rings is 1. The summed E-state index contributed by atoms with van der Waals surface area (Å²) >= 11 is 1.97. The summed E-state index contributed by atoms with van der Waals surface area (Å²) in [6.45, 7) is 37.0. The number of rotatable bonds is 5. The van der Waals surface area contributed by atoms with Crippen LogP contribution < -0.4 is 30.4 Å². The van der Waals surface area contributed by atoms with E-state index in [4.69, 9.17) is 4.42 Å². The lowest BCUT2D eigenvalue weighted by molar-refractivity contribution is 0.590. The standard InChI is InChI=1S/C71H74BN3OS/c1-43-37-58-63-59(38-43)75(51-33-25-46(26-34-51)69(8,9)10)64-55-39-47(70(11,12)13)28-36-62(55)77-66(64)72(63)56-40-48(71(14,15)16)27-35-57(56)74(58)52-41-54-53-19-17-18-20-61(53)76-65(54)60(42-52)73(49-29-21-44(22-30-49)67(2,3)4)50-31-23-45(24-32-50)68(5,6)7/h17-42H,1-16H3. The Morgan fingerprint density at radius 1 is 0.442 bits per heavy atom. The second-order valence-electron chi connectivity index (χ2n) is 27.3. The van der Waals surface area contributed by atoms with Gasteiger partial charge in [-0.2, -0.15) is 0 Å². The Bertz CT molecular complexity index is 3900. The Morgan fingerprint density at radius 3 is 1.52 bits per heavy atom. The smallest absolute Gasteiger partial charge is 0.264 e. The fourth-order valence-electron chi connectivity index (χ4n) is 12.0. The topological polar surface area (TPSA) is 22.9 Å². The summed E-state index contributed by atoms with van der Waals surface area (Å²) < 4.78 is 9.80. The first-order valence-electron chi connectivity index (χ1n) is 27.8. The molecule has 0 saturated heterocycles. The molecule has 0 N–H and O–H groups in total. The van der Waals surface area contributed by atoms with Crippen LogP contribution in [0, 0.1) is 6.92 Å². The number of aryl methyl sites for hydroxylation is 1. The molecule has 2 aliphatic heterocycles. The molecule has 0 atom stereocenters. The number of anilines is 9. The minimum Gasteiger partial charge on any atom is -0.454 e. The van der Waals surface area contributed by atoms with Gasteiger partial charge in [-0.25, -0.2) is 0 Å². The van der Waals surface area contributed by atoms with Gasteiger partial charge < -0.3 is 19.1 Å². The predicted molar refractivity (Wildman–Crippen MR) is 336 cm³/mol. The van der Waals surface area contributed by atoms with E-state index >= 15 is 0 Å². The third-order valence-corrected chi connectivity index (χ3v) is 17.7. The second-order valence-corrected chi connectivity index (χ2v) is 28.4. The van der Waals surface area contributed by atoms with E-state index in [0.717, 1.165) is 44.7 Å². The molecule has 8 aromatic carbocycles. The van der Waals surface area contributed by atoms with Crippen LogP contribution in [0.2, 0.25) is 0 Å². The van der Waals surface area contributed by atoms with Crippen LogP contribution >= 0.6 is 11.3 Å². The molecule has 0 spiro atoms. The maximum Gasteiger partial charge on any atom is 0.264 e. The molecular weight excluding hydrogens is 954 g/mol. The highest BCUT2D eigenvalue weighted by molar-refractivity contribution is 7.33. The molecule has 0 aliphatic carbocycles. The molecule has 10 aromatic rings. The van der Waals surface area contributed by atoms with Gasteiger partial charge in [-0.3, -0.25) is 0 Å². The Morgan fingerprint density at radius 2 is 0.948 bits per heavy atom. The molecule has 0 unspecified atom stereocenters. The van der Waals surface area contributed by atoms with E-state index in [1.807, 2.05) is 11.3 Å². The lowest BCUT2D eigenvalue weighted by Gasteiger charge is -2.44. The monoisotopic (exact) mass is 1030 g/mol. The molecule has 0 radical (unpaired) electrons. The molecule has 0 saturated carbocycles. The van der Waals surface area contributed by atoms with Crippen molar-refractivity contribution in [3.63, 3.8) is 0 Å². The lowest BCUT2D eigenvalue weighted by Crippen LogP contribution is -2.60. The molecule has 77 heavy (non-hydrogen) atoms. The molecule has 388 valence electrons. The Labute approximate surface area is 462 Å². The van der Waals surface area contributed by atoms with Crippen molar-refractivity contribution in [3.05, 3.63) is 191 Å². The number of nitrogens with zero attached hydrogens (tertiary/aromatic N) is 3. The Hall–Kier alpha value is -7.02. The molecule has 12 rings (SSSR count). The van der Waals surface area contributed by atoms with Gasteiger partial charge in [0.1, 0.15) is 5.58 Å². The maximum atomic E-state index is 7.10. The summed E-state index contributed by atoms with van der Waals surface area (Å²) in [5.41, 5.74) is 22.4. The first-order chi connectivity index (χ1) is 36.2. The third-order valence-electron chi connectivity index (χ3n) is 16.5. The van der Waals surface area contributed by atoms with Gasteiger partial charge in [0, 0.05) is 65.4 Å². The highest BCUT2D eigenvalue weighted by atomic mass is 32.1. The van der Waals surface area contributed by atoms with E-state index in [0.29, 0.717) is 0 Å².